The zero-order valence-electron chi connectivity index (χ0n) is 11.7. The molecule has 0 aromatic carbocycles. The normalized spacial score (nSPS) is 30.4. The highest BCUT2D eigenvalue weighted by Gasteiger charge is 2.38. The molecule has 0 saturated carbocycles. The molecule has 0 aromatic rings. The SMILES string of the molecule is COCC1CCN(C(=O)C2(C)CCCNC2)CC1. The van der Waals surface area contributed by atoms with Gasteiger partial charge in [0.2, 0.25) is 5.91 Å². The minimum atomic E-state index is -0.174. The summed E-state index contributed by atoms with van der Waals surface area (Å²) in [5.74, 6) is 0.988. The molecule has 2 rings (SSSR count). The molecule has 0 radical (unpaired) electrons. The number of hydrogen-bond acceptors (Lipinski definition) is 3. The average molecular weight is 254 g/mol. The molecule has 1 unspecified atom stereocenters. The minimum absolute atomic E-state index is 0.174. The fourth-order valence-electron chi connectivity index (χ4n) is 3.16. The molecule has 1 N–H and O–H groups in total. The number of nitrogens with zero attached hydrogens (tertiary/aromatic N) is 1. The number of methoxy groups -OCH3 is 1. The van der Waals surface area contributed by atoms with E-state index in [9.17, 15) is 4.79 Å². The van der Waals surface area contributed by atoms with Crippen LogP contribution in [0.5, 0.6) is 0 Å². The number of hydrogen-bond donors (Lipinski definition) is 1. The van der Waals surface area contributed by atoms with Gasteiger partial charge in [0.15, 0.2) is 0 Å². The number of carbonyl (C=O) groups is 1. The van der Waals surface area contributed by atoms with Crippen molar-refractivity contribution < 1.29 is 9.53 Å². The Morgan fingerprint density at radius 2 is 2.17 bits per heavy atom. The van der Waals surface area contributed by atoms with Gasteiger partial charge in [-0.1, -0.05) is 0 Å². The van der Waals surface area contributed by atoms with Crippen molar-refractivity contribution in [3.05, 3.63) is 0 Å². The van der Waals surface area contributed by atoms with Crippen LogP contribution in [0, 0.1) is 11.3 Å². The summed E-state index contributed by atoms with van der Waals surface area (Å²) in [5.41, 5.74) is -0.174. The Hall–Kier alpha value is -0.610. The molecule has 1 atom stereocenters. The molecular weight excluding hydrogens is 228 g/mol. The van der Waals surface area contributed by atoms with Gasteiger partial charge in [-0.25, -0.2) is 0 Å². The van der Waals surface area contributed by atoms with Crippen molar-refractivity contribution >= 4 is 5.91 Å². The van der Waals surface area contributed by atoms with Gasteiger partial charge in [0.25, 0.3) is 0 Å². The zero-order chi connectivity index (χ0) is 13.0. The van der Waals surface area contributed by atoms with Crippen LogP contribution >= 0.6 is 0 Å². The zero-order valence-corrected chi connectivity index (χ0v) is 11.7. The van der Waals surface area contributed by atoms with E-state index < -0.39 is 0 Å². The van der Waals surface area contributed by atoms with E-state index in [0.717, 1.165) is 58.5 Å². The second kappa shape index (κ2) is 6.02. The van der Waals surface area contributed by atoms with E-state index in [0.29, 0.717) is 11.8 Å². The van der Waals surface area contributed by atoms with Gasteiger partial charge in [-0.3, -0.25) is 4.79 Å². The lowest BCUT2D eigenvalue weighted by atomic mass is 9.80. The number of likely N-dealkylation sites (tertiary alicyclic amines) is 1. The van der Waals surface area contributed by atoms with Gasteiger partial charge in [-0.2, -0.15) is 0 Å². The lowest BCUT2D eigenvalue weighted by Crippen LogP contribution is -2.52. The van der Waals surface area contributed by atoms with Gasteiger partial charge in [0.1, 0.15) is 0 Å². The van der Waals surface area contributed by atoms with Crippen molar-refractivity contribution in [2.24, 2.45) is 11.3 Å². The molecule has 2 saturated heterocycles. The van der Waals surface area contributed by atoms with E-state index in [1.807, 2.05) is 0 Å². The highest BCUT2D eigenvalue weighted by atomic mass is 16.5. The Morgan fingerprint density at radius 1 is 1.44 bits per heavy atom. The highest BCUT2D eigenvalue weighted by molar-refractivity contribution is 5.82. The second-order valence-corrected chi connectivity index (χ2v) is 6.03. The number of carbonyl (C=O) groups excluding carboxylic acids is 1. The van der Waals surface area contributed by atoms with Crippen LogP contribution in [0.4, 0.5) is 0 Å². The number of piperidine rings is 2. The quantitative estimate of drug-likeness (QED) is 0.824. The van der Waals surface area contributed by atoms with Crippen molar-refractivity contribution in [2.75, 3.05) is 39.9 Å². The molecule has 0 bridgehead atoms. The first-order valence-corrected chi connectivity index (χ1v) is 7.15. The van der Waals surface area contributed by atoms with Gasteiger partial charge >= 0.3 is 0 Å². The van der Waals surface area contributed by atoms with Crippen LogP contribution in [0.25, 0.3) is 0 Å². The van der Waals surface area contributed by atoms with E-state index in [-0.39, 0.29) is 5.41 Å². The predicted molar refractivity (Wildman–Crippen MR) is 71.4 cm³/mol. The first kappa shape index (κ1) is 13.8. The third-order valence-electron chi connectivity index (χ3n) is 4.42. The van der Waals surface area contributed by atoms with Crippen molar-refractivity contribution in [1.82, 2.24) is 10.2 Å². The monoisotopic (exact) mass is 254 g/mol. The molecule has 0 aromatic heterocycles. The van der Waals surface area contributed by atoms with E-state index in [1.54, 1.807) is 7.11 Å². The van der Waals surface area contributed by atoms with E-state index >= 15 is 0 Å². The van der Waals surface area contributed by atoms with Gasteiger partial charge in [-0.05, 0) is 45.1 Å². The smallest absolute Gasteiger partial charge is 0.229 e. The van der Waals surface area contributed by atoms with Crippen LogP contribution in [0.1, 0.15) is 32.6 Å². The summed E-state index contributed by atoms with van der Waals surface area (Å²) in [6.45, 7) is 6.65. The Morgan fingerprint density at radius 3 is 2.72 bits per heavy atom. The Bertz CT molecular complexity index is 280. The van der Waals surface area contributed by atoms with Crippen LogP contribution in [-0.4, -0.2) is 50.7 Å². The Balaban J connectivity index is 1.86. The third kappa shape index (κ3) is 3.04. The molecule has 2 aliphatic rings. The summed E-state index contributed by atoms with van der Waals surface area (Å²) < 4.78 is 5.20. The molecule has 0 spiro atoms. The van der Waals surface area contributed by atoms with E-state index in [1.165, 1.54) is 0 Å². The Kier molecular flexibility index (Phi) is 4.62. The predicted octanol–water partition coefficient (Wildman–Crippen LogP) is 1.26. The second-order valence-electron chi connectivity index (χ2n) is 6.03. The van der Waals surface area contributed by atoms with Crippen LogP contribution in [0.2, 0.25) is 0 Å². The standard InChI is InChI=1S/C14H26N2O2/c1-14(6-3-7-15-11-14)13(17)16-8-4-12(5-9-16)10-18-2/h12,15H,3-11H2,1-2H3. The maximum Gasteiger partial charge on any atom is 0.229 e. The maximum atomic E-state index is 12.6. The lowest BCUT2D eigenvalue weighted by molar-refractivity contribution is -0.144. The van der Waals surface area contributed by atoms with Crippen molar-refractivity contribution in [3.8, 4) is 0 Å². The van der Waals surface area contributed by atoms with Gasteiger partial charge < -0.3 is 15.0 Å². The molecule has 104 valence electrons. The molecule has 2 fully saturated rings. The third-order valence-corrected chi connectivity index (χ3v) is 4.42. The summed E-state index contributed by atoms with van der Waals surface area (Å²) in [5, 5.41) is 3.36. The van der Waals surface area contributed by atoms with E-state index in [4.69, 9.17) is 4.74 Å². The average Bonchev–Trinajstić information content (AvgIpc) is 2.40. The molecule has 18 heavy (non-hydrogen) atoms. The minimum Gasteiger partial charge on any atom is -0.384 e. The van der Waals surface area contributed by atoms with Crippen molar-refractivity contribution in [1.29, 1.82) is 0 Å². The topological polar surface area (TPSA) is 41.6 Å². The number of rotatable bonds is 3. The van der Waals surface area contributed by atoms with Crippen LogP contribution in [0.15, 0.2) is 0 Å². The molecule has 4 nitrogen and oxygen atoms in total. The van der Waals surface area contributed by atoms with Crippen molar-refractivity contribution in [3.63, 3.8) is 0 Å². The number of ether oxygens (including phenoxy) is 1. The summed E-state index contributed by atoms with van der Waals surface area (Å²) >= 11 is 0. The first-order chi connectivity index (χ1) is 8.65. The summed E-state index contributed by atoms with van der Waals surface area (Å²) in [6.07, 6.45) is 4.31. The summed E-state index contributed by atoms with van der Waals surface area (Å²) in [7, 11) is 1.76. The molecule has 2 aliphatic heterocycles. The summed E-state index contributed by atoms with van der Waals surface area (Å²) in [4.78, 5) is 14.7. The molecule has 1 amide bonds. The first-order valence-electron chi connectivity index (χ1n) is 7.15. The van der Waals surface area contributed by atoms with Crippen LogP contribution in [0.3, 0.4) is 0 Å². The lowest BCUT2D eigenvalue weighted by Gasteiger charge is -2.40. The molecule has 2 heterocycles. The molecular formula is C14H26N2O2. The van der Waals surface area contributed by atoms with E-state index in [2.05, 4.69) is 17.1 Å². The van der Waals surface area contributed by atoms with Gasteiger partial charge in [0, 0.05) is 33.4 Å². The number of nitrogens with one attached hydrogen (secondary N) is 1. The maximum absolute atomic E-state index is 12.6. The largest absolute Gasteiger partial charge is 0.384 e. The number of amides is 1. The van der Waals surface area contributed by atoms with Gasteiger partial charge in [-0.15, -0.1) is 0 Å². The fourth-order valence-corrected chi connectivity index (χ4v) is 3.16. The molecule has 4 heteroatoms. The summed E-state index contributed by atoms with van der Waals surface area (Å²) in [6, 6.07) is 0. The highest BCUT2D eigenvalue weighted by Crippen LogP contribution is 2.30. The Labute approximate surface area is 110 Å². The van der Waals surface area contributed by atoms with Crippen LogP contribution in [-0.2, 0) is 9.53 Å². The van der Waals surface area contributed by atoms with Gasteiger partial charge in [0.05, 0.1) is 5.41 Å². The fraction of sp³-hybridized carbons (Fsp3) is 0.929. The van der Waals surface area contributed by atoms with Crippen LogP contribution < -0.4 is 5.32 Å². The van der Waals surface area contributed by atoms with Crippen molar-refractivity contribution in [2.45, 2.75) is 32.6 Å². The molecule has 0 aliphatic carbocycles.